The molecule has 4 heteroatoms. The van der Waals surface area contributed by atoms with Gasteiger partial charge >= 0.3 is 6.03 Å². The van der Waals surface area contributed by atoms with Crippen LogP contribution in [0.2, 0.25) is 0 Å². The van der Waals surface area contributed by atoms with Crippen molar-refractivity contribution in [2.75, 3.05) is 13.1 Å². The zero-order valence-electron chi connectivity index (χ0n) is 10.2. The van der Waals surface area contributed by atoms with E-state index in [9.17, 15) is 4.79 Å². The maximum Gasteiger partial charge on any atom is 0.346 e. The summed E-state index contributed by atoms with van der Waals surface area (Å²) >= 11 is 0. The average Bonchev–Trinajstić information content (AvgIpc) is 3.06. The van der Waals surface area contributed by atoms with Crippen LogP contribution in [0.4, 0.5) is 4.79 Å². The van der Waals surface area contributed by atoms with E-state index >= 15 is 0 Å². The monoisotopic (exact) mass is 244 g/mol. The highest BCUT2D eigenvalue weighted by Gasteiger charge is 2.53. The summed E-state index contributed by atoms with van der Waals surface area (Å²) in [5, 5.41) is 1.49. The van der Waals surface area contributed by atoms with Gasteiger partial charge in [-0.1, -0.05) is 36.8 Å². The smallest absolute Gasteiger partial charge is 0.322 e. The van der Waals surface area contributed by atoms with Crippen molar-refractivity contribution < 1.29 is 9.63 Å². The molecule has 3 aliphatic rings. The molecule has 0 N–H and O–H groups in total. The van der Waals surface area contributed by atoms with Gasteiger partial charge in [0.1, 0.15) is 0 Å². The van der Waals surface area contributed by atoms with E-state index in [1.54, 1.807) is 0 Å². The SMILES string of the molecule is O=C(N1CC2(CCC2)C1)N1OC1c1ccccc1. The van der Waals surface area contributed by atoms with Crippen LogP contribution in [0.5, 0.6) is 0 Å². The van der Waals surface area contributed by atoms with Gasteiger partial charge in [0.15, 0.2) is 0 Å². The molecular weight excluding hydrogens is 228 g/mol. The van der Waals surface area contributed by atoms with E-state index < -0.39 is 0 Å². The van der Waals surface area contributed by atoms with Gasteiger partial charge in [0, 0.05) is 24.1 Å². The van der Waals surface area contributed by atoms with Crippen molar-refractivity contribution in [3.63, 3.8) is 0 Å². The largest absolute Gasteiger partial charge is 0.346 e. The third-order valence-electron chi connectivity index (χ3n) is 4.39. The van der Waals surface area contributed by atoms with Gasteiger partial charge < -0.3 is 4.90 Å². The van der Waals surface area contributed by atoms with Crippen molar-refractivity contribution in [1.29, 1.82) is 0 Å². The van der Waals surface area contributed by atoms with E-state index in [-0.39, 0.29) is 12.3 Å². The summed E-state index contributed by atoms with van der Waals surface area (Å²) in [6.07, 6.45) is 3.74. The van der Waals surface area contributed by atoms with Crippen LogP contribution in [0.1, 0.15) is 31.1 Å². The van der Waals surface area contributed by atoms with Crippen molar-refractivity contribution in [3.8, 4) is 0 Å². The topological polar surface area (TPSA) is 35.9 Å². The third kappa shape index (κ3) is 1.45. The number of carbonyl (C=O) groups is 1. The molecular formula is C14H16N2O2. The predicted molar refractivity (Wildman–Crippen MR) is 65.4 cm³/mol. The zero-order chi connectivity index (χ0) is 12.2. The minimum absolute atomic E-state index is 0.0291. The second-order valence-electron chi connectivity index (χ2n) is 5.69. The Labute approximate surface area is 106 Å². The van der Waals surface area contributed by atoms with E-state index in [4.69, 9.17) is 4.84 Å². The Morgan fingerprint density at radius 1 is 1.22 bits per heavy atom. The number of rotatable bonds is 1. The van der Waals surface area contributed by atoms with Crippen molar-refractivity contribution in [2.24, 2.45) is 5.41 Å². The Balaban J connectivity index is 1.37. The molecule has 1 atom stereocenters. The summed E-state index contributed by atoms with van der Waals surface area (Å²) in [5.41, 5.74) is 1.53. The van der Waals surface area contributed by atoms with Gasteiger partial charge in [0.25, 0.3) is 0 Å². The molecule has 4 nitrogen and oxygen atoms in total. The molecule has 0 bridgehead atoms. The van der Waals surface area contributed by atoms with Gasteiger partial charge in [-0.15, -0.1) is 0 Å². The summed E-state index contributed by atoms with van der Waals surface area (Å²) in [5.74, 6) is 0. The molecule has 94 valence electrons. The fraction of sp³-hybridized carbons (Fsp3) is 0.500. The normalized spacial score (nSPS) is 27.7. The van der Waals surface area contributed by atoms with E-state index in [0.717, 1.165) is 18.7 Å². The van der Waals surface area contributed by atoms with E-state index in [2.05, 4.69) is 0 Å². The Hall–Kier alpha value is -1.55. The van der Waals surface area contributed by atoms with Crippen LogP contribution in [0.15, 0.2) is 30.3 Å². The number of nitrogens with zero attached hydrogens (tertiary/aromatic N) is 2. The van der Waals surface area contributed by atoms with Crippen LogP contribution in [0.3, 0.4) is 0 Å². The van der Waals surface area contributed by atoms with E-state index in [1.807, 2.05) is 35.2 Å². The maximum atomic E-state index is 12.1. The van der Waals surface area contributed by atoms with Crippen molar-refractivity contribution in [1.82, 2.24) is 9.96 Å². The molecule has 3 fully saturated rings. The van der Waals surface area contributed by atoms with Gasteiger partial charge in [-0.25, -0.2) is 9.63 Å². The molecule has 2 saturated heterocycles. The molecule has 2 amide bonds. The number of benzene rings is 1. The minimum Gasteiger partial charge on any atom is -0.322 e. The molecule has 1 spiro atoms. The summed E-state index contributed by atoms with van der Waals surface area (Å²) in [6, 6.07) is 9.90. The van der Waals surface area contributed by atoms with Crippen LogP contribution >= 0.6 is 0 Å². The van der Waals surface area contributed by atoms with Crippen LogP contribution in [-0.4, -0.2) is 29.1 Å². The summed E-state index contributed by atoms with van der Waals surface area (Å²) in [4.78, 5) is 19.4. The minimum atomic E-state index is -0.170. The number of urea groups is 1. The first-order chi connectivity index (χ1) is 8.77. The Kier molecular flexibility index (Phi) is 2.01. The van der Waals surface area contributed by atoms with Crippen LogP contribution in [0.25, 0.3) is 0 Å². The molecule has 4 rings (SSSR count). The first-order valence-electron chi connectivity index (χ1n) is 6.57. The van der Waals surface area contributed by atoms with Gasteiger partial charge in [-0.2, -0.15) is 5.06 Å². The molecule has 1 aromatic rings. The predicted octanol–water partition coefficient (Wildman–Crippen LogP) is 2.54. The molecule has 1 unspecified atom stereocenters. The Morgan fingerprint density at radius 2 is 1.94 bits per heavy atom. The number of amides is 2. The van der Waals surface area contributed by atoms with E-state index in [1.165, 1.54) is 24.3 Å². The highest BCUT2D eigenvalue weighted by Crippen LogP contribution is 2.49. The lowest BCUT2D eigenvalue weighted by Crippen LogP contribution is -2.62. The maximum absolute atomic E-state index is 12.1. The quantitative estimate of drug-likeness (QED) is 0.712. The zero-order valence-corrected chi connectivity index (χ0v) is 10.2. The highest BCUT2D eigenvalue weighted by molar-refractivity contribution is 5.76. The average molecular weight is 244 g/mol. The van der Waals surface area contributed by atoms with Crippen LogP contribution < -0.4 is 0 Å². The van der Waals surface area contributed by atoms with Crippen molar-refractivity contribution in [2.45, 2.75) is 25.5 Å². The summed E-state index contributed by atoms with van der Waals surface area (Å²) in [6.45, 7) is 1.85. The Bertz CT molecular complexity index is 476. The summed E-state index contributed by atoms with van der Waals surface area (Å²) < 4.78 is 0. The molecule has 1 aliphatic carbocycles. The number of carbonyl (C=O) groups excluding carboxylic acids is 1. The number of hydroxylamine groups is 2. The standard InChI is InChI=1S/C14H16N2O2/c17-13(15-9-14(10-15)7-4-8-14)16-12(18-16)11-5-2-1-3-6-11/h1-3,5-6,12H,4,7-10H2. The van der Waals surface area contributed by atoms with Gasteiger partial charge in [-0.3, -0.25) is 0 Å². The van der Waals surface area contributed by atoms with Crippen LogP contribution in [-0.2, 0) is 4.84 Å². The first kappa shape index (κ1) is 10.4. The number of hydrogen-bond donors (Lipinski definition) is 0. The van der Waals surface area contributed by atoms with Gasteiger partial charge in [0.2, 0.25) is 6.23 Å². The molecule has 1 aromatic carbocycles. The van der Waals surface area contributed by atoms with Crippen molar-refractivity contribution >= 4 is 6.03 Å². The lowest BCUT2D eigenvalue weighted by atomic mass is 9.64. The third-order valence-corrected chi connectivity index (χ3v) is 4.39. The fourth-order valence-corrected chi connectivity index (χ4v) is 3.07. The molecule has 0 aromatic heterocycles. The fourth-order valence-electron chi connectivity index (χ4n) is 3.07. The first-order valence-corrected chi connectivity index (χ1v) is 6.57. The van der Waals surface area contributed by atoms with Crippen molar-refractivity contribution in [3.05, 3.63) is 35.9 Å². The number of hydrogen-bond acceptors (Lipinski definition) is 2. The highest BCUT2D eigenvalue weighted by atomic mass is 16.8. The van der Waals surface area contributed by atoms with Gasteiger partial charge in [-0.05, 0) is 12.8 Å². The summed E-state index contributed by atoms with van der Waals surface area (Å²) in [7, 11) is 0. The second-order valence-corrected chi connectivity index (χ2v) is 5.69. The molecule has 2 heterocycles. The second kappa shape index (κ2) is 3.48. The number of likely N-dealkylation sites (tertiary alicyclic amines) is 1. The van der Waals surface area contributed by atoms with Crippen LogP contribution in [0, 0.1) is 5.41 Å². The lowest BCUT2D eigenvalue weighted by molar-refractivity contribution is -0.0416. The molecule has 1 saturated carbocycles. The molecule has 0 radical (unpaired) electrons. The van der Waals surface area contributed by atoms with E-state index in [0.29, 0.717) is 5.41 Å². The van der Waals surface area contributed by atoms with Gasteiger partial charge in [0.05, 0.1) is 0 Å². The Morgan fingerprint density at radius 3 is 2.56 bits per heavy atom. The molecule has 18 heavy (non-hydrogen) atoms. The lowest BCUT2D eigenvalue weighted by Gasteiger charge is -2.55. The molecule has 2 aliphatic heterocycles.